The molecule has 0 aliphatic carbocycles. The van der Waals surface area contributed by atoms with Crippen LogP contribution in [0, 0.1) is 4.64 Å². The molecule has 1 aromatic carbocycles. The number of pyridine rings is 1. The van der Waals surface area contributed by atoms with Crippen LogP contribution in [0.2, 0.25) is 0 Å². The van der Waals surface area contributed by atoms with E-state index in [2.05, 4.69) is 20.3 Å². The van der Waals surface area contributed by atoms with E-state index in [4.69, 9.17) is 26.8 Å². The van der Waals surface area contributed by atoms with Crippen LogP contribution in [0.3, 0.4) is 0 Å². The Morgan fingerprint density at radius 3 is 2.97 bits per heavy atom. The quantitative estimate of drug-likeness (QED) is 0.271. The van der Waals surface area contributed by atoms with Crippen molar-refractivity contribution in [1.82, 2.24) is 9.97 Å². The first-order chi connectivity index (χ1) is 15.5. The Hall–Kier alpha value is -2.82. The lowest BCUT2D eigenvalue weighted by Gasteiger charge is -2.17. The number of nitrogens with zero attached hydrogens (tertiary/aromatic N) is 1. The number of aliphatic imine (C=N–C) groups is 1. The number of anilines is 1. The Kier molecular flexibility index (Phi) is 6.83. The molecule has 0 spiro atoms. The number of H-pyrrole nitrogens is 2. The summed E-state index contributed by atoms with van der Waals surface area (Å²) in [4.78, 5) is 22.2. The molecule has 0 radical (unpaired) electrons. The number of methoxy groups -OCH3 is 1. The SMILES string of the molecule is CNc1c(-c2ccc[nH]c2=S)c(OCCOC)cc2cc(C3=NCC(CC(=O)O)S3)[nH]c12. The summed E-state index contributed by atoms with van der Waals surface area (Å²) in [5.74, 6) is -0.116. The summed E-state index contributed by atoms with van der Waals surface area (Å²) in [6, 6.07) is 7.86. The number of fused-ring (bicyclic) bond motifs is 1. The third-order valence-electron chi connectivity index (χ3n) is 5.11. The topological polar surface area (TPSA) is 112 Å². The van der Waals surface area contributed by atoms with Crippen LogP contribution in [-0.2, 0) is 9.53 Å². The van der Waals surface area contributed by atoms with E-state index in [-0.39, 0.29) is 11.7 Å². The Balaban J connectivity index is 1.81. The molecule has 1 atom stereocenters. The summed E-state index contributed by atoms with van der Waals surface area (Å²) in [7, 11) is 3.49. The number of benzene rings is 1. The Labute approximate surface area is 194 Å². The minimum absolute atomic E-state index is 0.0520. The molecule has 4 rings (SSSR count). The summed E-state index contributed by atoms with van der Waals surface area (Å²) in [5.41, 5.74) is 4.33. The predicted octanol–water partition coefficient (Wildman–Crippen LogP) is 4.30. The van der Waals surface area contributed by atoms with E-state index < -0.39 is 5.97 Å². The van der Waals surface area contributed by atoms with Crippen molar-refractivity contribution in [2.75, 3.05) is 39.2 Å². The molecule has 0 bridgehead atoms. The zero-order chi connectivity index (χ0) is 22.7. The molecule has 1 aliphatic rings. The van der Waals surface area contributed by atoms with Gasteiger partial charge in [0.2, 0.25) is 0 Å². The fourth-order valence-corrected chi connectivity index (χ4v) is 5.03. The zero-order valence-corrected chi connectivity index (χ0v) is 19.4. The van der Waals surface area contributed by atoms with Crippen LogP contribution in [0.1, 0.15) is 12.1 Å². The van der Waals surface area contributed by atoms with Crippen LogP contribution >= 0.6 is 24.0 Å². The maximum Gasteiger partial charge on any atom is 0.304 e. The Morgan fingerprint density at radius 2 is 2.25 bits per heavy atom. The second kappa shape index (κ2) is 9.76. The monoisotopic (exact) mass is 472 g/mol. The van der Waals surface area contributed by atoms with Crippen LogP contribution in [0.25, 0.3) is 22.0 Å². The van der Waals surface area contributed by atoms with E-state index in [9.17, 15) is 4.79 Å². The molecule has 10 heteroatoms. The third-order valence-corrected chi connectivity index (χ3v) is 6.67. The van der Waals surface area contributed by atoms with Crippen molar-refractivity contribution in [1.29, 1.82) is 0 Å². The van der Waals surface area contributed by atoms with Gasteiger partial charge in [-0.25, -0.2) is 0 Å². The van der Waals surface area contributed by atoms with Crippen LogP contribution in [-0.4, -0.2) is 65.3 Å². The van der Waals surface area contributed by atoms with Crippen LogP contribution in [0.5, 0.6) is 5.75 Å². The largest absolute Gasteiger partial charge is 0.490 e. The first kappa shape index (κ1) is 22.4. The number of nitrogens with one attached hydrogen (secondary N) is 3. The van der Waals surface area contributed by atoms with Crippen molar-refractivity contribution in [3.05, 3.63) is 40.8 Å². The highest BCUT2D eigenvalue weighted by Crippen LogP contribution is 2.43. The number of hydrogen-bond acceptors (Lipinski definition) is 7. The number of carboxylic acids is 1. The Morgan fingerprint density at radius 1 is 1.41 bits per heavy atom. The van der Waals surface area contributed by atoms with Gasteiger partial charge in [-0.15, -0.1) is 0 Å². The Bertz CT molecular complexity index is 1230. The van der Waals surface area contributed by atoms with Crippen molar-refractivity contribution >= 4 is 51.6 Å². The summed E-state index contributed by atoms with van der Waals surface area (Å²) in [6.45, 7) is 1.36. The van der Waals surface area contributed by atoms with E-state index >= 15 is 0 Å². The number of carboxylic acid groups (broad SMARTS) is 1. The van der Waals surface area contributed by atoms with E-state index in [1.54, 1.807) is 13.3 Å². The van der Waals surface area contributed by atoms with Crippen LogP contribution in [0.4, 0.5) is 5.69 Å². The van der Waals surface area contributed by atoms with Crippen molar-refractivity contribution < 1.29 is 19.4 Å². The van der Waals surface area contributed by atoms with Gasteiger partial charge in [0.1, 0.15) is 22.0 Å². The van der Waals surface area contributed by atoms with E-state index in [1.807, 2.05) is 31.3 Å². The third kappa shape index (κ3) is 4.52. The molecule has 1 aliphatic heterocycles. The fourth-order valence-electron chi connectivity index (χ4n) is 3.72. The molecule has 2 aromatic heterocycles. The number of hydrogen-bond donors (Lipinski definition) is 4. The molecule has 0 saturated carbocycles. The highest BCUT2D eigenvalue weighted by atomic mass is 32.2. The van der Waals surface area contributed by atoms with Gasteiger partial charge in [-0.05, 0) is 24.3 Å². The lowest BCUT2D eigenvalue weighted by Crippen LogP contribution is -2.10. The molecule has 4 N–H and O–H groups in total. The van der Waals surface area contributed by atoms with E-state index in [1.165, 1.54) is 11.8 Å². The van der Waals surface area contributed by atoms with Gasteiger partial charge in [0.15, 0.2) is 0 Å². The molecule has 0 amide bonds. The van der Waals surface area contributed by atoms with E-state index in [0.717, 1.165) is 38.5 Å². The molecule has 8 nitrogen and oxygen atoms in total. The molecule has 3 aromatic rings. The lowest BCUT2D eigenvalue weighted by atomic mass is 10.0. The van der Waals surface area contributed by atoms with Crippen LogP contribution < -0.4 is 10.1 Å². The molecule has 168 valence electrons. The minimum atomic E-state index is -0.810. The first-order valence-corrected chi connectivity index (χ1v) is 11.4. The fraction of sp³-hybridized carbons (Fsp3) is 0.318. The second-order valence-corrected chi connectivity index (χ2v) is 8.96. The van der Waals surface area contributed by atoms with Gasteiger partial charge >= 0.3 is 5.97 Å². The van der Waals surface area contributed by atoms with Crippen molar-refractivity contribution in [3.63, 3.8) is 0 Å². The van der Waals surface area contributed by atoms with E-state index in [0.29, 0.717) is 30.1 Å². The normalized spacial score (nSPS) is 15.7. The summed E-state index contributed by atoms with van der Waals surface area (Å²) < 4.78 is 11.9. The molecule has 32 heavy (non-hydrogen) atoms. The average molecular weight is 473 g/mol. The van der Waals surface area contributed by atoms with Gasteiger partial charge in [0.25, 0.3) is 0 Å². The van der Waals surface area contributed by atoms with Gasteiger partial charge in [0, 0.05) is 36.6 Å². The molecule has 1 unspecified atom stereocenters. The number of rotatable bonds is 9. The minimum Gasteiger partial charge on any atom is -0.490 e. The smallest absolute Gasteiger partial charge is 0.304 e. The van der Waals surface area contributed by atoms with Gasteiger partial charge in [0.05, 0.1) is 42.0 Å². The van der Waals surface area contributed by atoms with Crippen molar-refractivity contribution in [2.24, 2.45) is 4.99 Å². The van der Waals surface area contributed by atoms with Gasteiger partial charge < -0.3 is 29.9 Å². The standard InChI is InChI=1S/C22H24N4O4S2/c1-23-20-18(14-4-3-5-24-21(14)31)16(30-7-6-29-2)9-12-8-15(26-19(12)20)22-25-11-13(32-22)10-17(27)28/h3-5,8-9,13,23,26H,6-7,10-11H2,1-2H3,(H,24,31)(H,27,28). The lowest BCUT2D eigenvalue weighted by molar-refractivity contribution is -0.136. The summed E-state index contributed by atoms with van der Waals surface area (Å²) in [6.07, 6.45) is 1.89. The van der Waals surface area contributed by atoms with Gasteiger partial charge in [-0.1, -0.05) is 24.0 Å². The predicted molar refractivity (Wildman–Crippen MR) is 131 cm³/mol. The highest BCUT2D eigenvalue weighted by Gasteiger charge is 2.25. The first-order valence-electron chi connectivity index (χ1n) is 10.1. The molecule has 0 saturated heterocycles. The van der Waals surface area contributed by atoms with Crippen molar-refractivity contribution in [3.8, 4) is 16.9 Å². The number of aromatic nitrogens is 2. The maximum absolute atomic E-state index is 11.1. The summed E-state index contributed by atoms with van der Waals surface area (Å²) >= 11 is 7.05. The number of ether oxygens (including phenoxy) is 2. The van der Waals surface area contributed by atoms with Crippen LogP contribution in [0.15, 0.2) is 35.5 Å². The van der Waals surface area contributed by atoms with Crippen molar-refractivity contribution in [2.45, 2.75) is 11.7 Å². The molecular weight excluding hydrogens is 448 g/mol. The van der Waals surface area contributed by atoms with Gasteiger partial charge in [-0.3, -0.25) is 9.79 Å². The number of aromatic amines is 2. The number of aliphatic carboxylic acids is 1. The maximum atomic E-state index is 11.1. The molecule has 3 heterocycles. The van der Waals surface area contributed by atoms with Gasteiger partial charge in [-0.2, -0.15) is 0 Å². The molecular formula is C22H24N4O4S2. The number of thioether (sulfide) groups is 1. The average Bonchev–Trinajstić information content (AvgIpc) is 3.40. The zero-order valence-electron chi connectivity index (χ0n) is 17.7. The highest BCUT2D eigenvalue weighted by molar-refractivity contribution is 8.15. The number of carbonyl (C=O) groups is 1. The second-order valence-electron chi connectivity index (χ2n) is 7.26. The molecule has 0 fully saturated rings. The summed E-state index contributed by atoms with van der Waals surface area (Å²) in [5, 5.41) is 14.1.